The predicted octanol–water partition coefficient (Wildman–Crippen LogP) is 5.04. The molecule has 0 aliphatic heterocycles. The van der Waals surface area contributed by atoms with Crippen LogP contribution in [0.15, 0.2) is 16.6 Å². The van der Waals surface area contributed by atoms with Crippen molar-refractivity contribution in [1.82, 2.24) is 4.98 Å². The van der Waals surface area contributed by atoms with Gasteiger partial charge in [0.05, 0.1) is 15.6 Å². The summed E-state index contributed by atoms with van der Waals surface area (Å²) in [4.78, 5) is 4.52. The standard InChI is InChI=1S/C12H11BrCl2N2/c1-3-16-12-6(2)4-7-5-8(13)9(14)10(15)11(7)17-12/h4-5H,3H2,1-2H3,(H,16,17). The van der Waals surface area contributed by atoms with E-state index in [-0.39, 0.29) is 0 Å². The van der Waals surface area contributed by atoms with Crippen LogP contribution in [0.4, 0.5) is 5.82 Å². The first-order chi connectivity index (χ1) is 8.04. The maximum absolute atomic E-state index is 6.20. The van der Waals surface area contributed by atoms with E-state index in [9.17, 15) is 0 Å². The van der Waals surface area contributed by atoms with Crippen molar-refractivity contribution in [2.75, 3.05) is 11.9 Å². The topological polar surface area (TPSA) is 24.9 Å². The molecule has 0 fully saturated rings. The van der Waals surface area contributed by atoms with Crippen molar-refractivity contribution in [3.8, 4) is 0 Å². The van der Waals surface area contributed by atoms with Gasteiger partial charge in [-0.2, -0.15) is 0 Å². The summed E-state index contributed by atoms with van der Waals surface area (Å²) < 4.78 is 0.786. The van der Waals surface area contributed by atoms with Gasteiger partial charge in [-0.25, -0.2) is 4.98 Å². The zero-order valence-corrected chi connectivity index (χ0v) is 12.5. The Morgan fingerprint density at radius 3 is 2.65 bits per heavy atom. The van der Waals surface area contributed by atoms with Crippen molar-refractivity contribution >= 4 is 55.9 Å². The van der Waals surface area contributed by atoms with Crippen LogP contribution in [0.1, 0.15) is 12.5 Å². The van der Waals surface area contributed by atoms with Gasteiger partial charge in [0, 0.05) is 16.4 Å². The normalized spacial score (nSPS) is 10.9. The summed E-state index contributed by atoms with van der Waals surface area (Å²) in [6.07, 6.45) is 0. The van der Waals surface area contributed by atoms with E-state index in [1.807, 2.05) is 26.0 Å². The van der Waals surface area contributed by atoms with E-state index in [0.717, 1.165) is 33.3 Å². The third-order valence-electron chi connectivity index (χ3n) is 2.48. The fraction of sp³-hybridized carbons (Fsp3) is 0.250. The Labute approximate surface area is 118 Å². The van der Waals surface area contributed by atoms with Crippen LogP contribution < -0.4 is 5.32 Å². The van der Waals surface area contributed by atoms with Gasteiger partial charge in [-0.05, 0) is 47.5 Å². The van der Waals surface area contributed by atoms with E-state index in [0.29, 0.717) is 10.0 Å². The molecule has 90 valence electrons. The minimum absolute atomic E-state index is 0.482. The van der Waals surface area contributed by atoms with Crippen molar-refractivity contribution in [3.05, 3.63) is 32.2 Å². The highest BCUT2D eigenvalue weighted by molar-refractivity contribution is 9.10. The van der Waals surface area contributed by atoms with Crippen LogP contribution in [0, 0.1) is 6.92 Å². The van der Waals surface area contributed by atoms with Crippen LogP contribution in [0.3, 0.4) is 0 Å². The smallest absolute Gasteiger partial charge is 0.129 e. The highest BCUT2D eigenvalue weighted by Gasteiger charge is 2.11. The predicted molar refractivity (Wildman–Crippen MR) is 78.4 cm³/mol. The number of hydrogen-bond acceptors (Lipinski definition) is 2. The molecule has 0 saturated carbocycles. The molecule has 2 aromatic rings. The van der Waals surface area contributed by atoms with Gasteiger partial charge in [0.15, 0.2) is 0 Å². The Morgan fingerprint density at radius 1 is 1.29 bits per heavy atom. The minimum Gasteiger partial charge on any atom is -0.370 e. The molecule has 2 nitrogen and oxygen atoms in total. The van der Waals surface area contributed by atoms with Crippen molar-refractivity contribution in [2.24, 2.45) is 0 Å². The molecule has 1 heterocycles. The molecule has 0 saturated heterocycles. The quantitative estimate of drug-likeness (QED) is 0.778. The van der Waals surface area contributed by atoms with Gasteiger partial charge in [0.1, 0.15) is 5.82 Å². The summed E-state index contributed by atoms with van der Waals surface area (Å²) >= 11 is 15.7. The lowest BCUT2D eigenvalue weighted by molar-refractivity contribution is 1.16. The summed E-state index contributed by atoms with van der Waals surface area (Å²) in [5, 5.41) is 5.16. The monoisotopic (exact) mass is 332 g/mol. The molecule has 0 aliphatic rings. The van der Waals surface area contributed by atoms with Crippen molar-refractivity contribution in [3.63, 3.8) is 0 Å². The van der Waals surface area contributed by atoms with Gasteiger partial charge >= 0.3 is 0 Å². The molecule has 0 unspecified atom stereocenters. The SMILES string of the molecule is CCNc1nc2c(Cl)c(Cl)c(Br)cc2cc1C. The summed E-state index contributed by atoms with van der Waals surface area (Å²) in [6.45, 7) is 4.86. The Hall–Kier alpha value is -0.510. The molecule has 0 radical (unpaired) electrons. The largest absolute Gasteiger partial charge is 0.370 e. The molecule has 5 heteroatoms. The molecule has 17 heavy (non-hydrogen) atoms. The van der Waals surface area contributed by atoms with Crippen LogP contribution >= 0.6 is 39.1 Å². The second-order valence-corrected chi connectivity index (χ2v) is 5.35. The van der Waals surface area contributed by atoms with E-state index in [1.165, 1.54) is 0 Å². The number of rotatable bonds is 2. The number of hydrogen-bond donors (Lipinski definition) is 1. The molecule has 1 aromatic heterocycles. The molecule has 0 amide bonds. The van der Waals surface area contributed by atoms with Gasteiger partial charge in [-0.3, -0.25) is 0 Å². The fourth-order valence-electron chi connectivity index (χ4n) is 1.68. The van der Waals surface area contributed by atoms with Crippen LogP contribution in [0.25, 0.3) is 10.9 Å². The maximum Gasteiger partial charge on any atom is 0.129 e. The highest BCUT2D eigenvalue weighted by Crippen LogP contribution is 2.37. The molecule has 2 rings (SSSR count). The van der Waals surface area contributed by atoms with Gasteiger partial charge in [-0.15, -0.1) is 0 Å². The summed E-state index contributed by atoms with van der Waals surface area (Å²) in [7, 11) is 0. The molecule has 1 N–H and O–H groups in total. The molecule has 0 spiro atoms. The van der Waals surface area contributed by atoms with E-state index in [4.69, 9.17) is 23.2 Å². The third-order valence-corrected chi connectivity index (χ3v) is 4.19. The van der Waals surface area contributed by atoms with Gasteiger partial charge < -0.3 is 5.32 Å². The lowest BCUT2D eigenvalue weighted by Gasteiger charge is -2.10. The molecular formula is C12H11BrCl2N2. The molecule has 0 aliphatic carbocycles. The van der Waals surface area contributed by atoms with Crippen LogP contribution in [-0.2, 0) is 0 Å². The van der Waals surface area contributed by atoms with Gasteiger partial charge in [0.2, 0.25) is 0 Å². The number of fused-ring (bicyclic) bond motifs is 1. The number of benzene rings is 1. The molecule has 1 aromatic carbocycles. The number of nitrogens with zero attached hydrogens (tertiary/aromatic N) is 1. The van der Waals surface area contributed by atoms with Crippen molar-refractivity contribution in [1.29, 1.82) is 0 Å². The van der Waals surface area contributed by atoms with Gasteiger partial charge in [0.25, 0.3) is 0 Å². The Morgan fingerprint density at radius 2 is 2.00 bits per heavy atom. The second kappa shape index (κ2) is 5.01. The maximum atomic E-state index is 6.20. The Balaban J connectivity index is 2.75. The summed E-state index contributed by atoms with van der Waals surface area (Å²) in [6, 6.07) is 3.98. The summed E-state index contributed by atoms with van der Waals surface area (Å²) in [5.74, 6) is 0.847. The molecular weight excluding hydrogens is 323 g/mol. The summed E-state index contributed by atoms with van der Waals surface area (Å²) in [5.41, 5.74) is 1.81. The number of anilines is 1. The zero-order chi connectivity index (χ0) is 12.6. The van der Waals surface area contributed by atoms with Crippen molar-refractivity contribution < 1.29 is 0 Å². The molecule has 0 atom stereocenters. The third kappa shape index (κ3) is 2.37. The highest BCUT2D eigenvalue weighted by atomic mass is 79.9. The van der Waals surface area contributed by atoms with Crippen molar-refractivity contribution in [2.45, 2.75) is 13.8 Å². The first-order valence-corrected chi connectivity index (χ1v) is 6.78. The Kier molecular flexibility index (Phi) is 3.81. The van der Waals surface area contributed by atoms with E-state index in [2.05, 4.69) is 26.2 Å². The first kappa shape index (κ1) is 12.9. The van der Waals surface area contributed by atoms with Crippen LogP contribution in [0.5, 0.6) is 0 Å². The minimum atomic E-state index is 0.482. The fourth-order valence-corrected chi connectivity index (χ4v) is 2.63. The van der Waals surface area contributed by atoms with Crippen LogP contribution in [0.2, 0.25) is 10.0 Å². The van der Waals surface area contributed by atoms with Gasteiger partial charge in [-0.1, -0.05) is 23.2 Å². The number of nitrogens with one attached hydrogen (secondary N) is 1. The van der Waals surface area contributed by atoms with Crippen LogP contribution in [-0.4, -0.2) is 11.5 Å². The number of halogens is 3. The molecule has 0 bridgehead atoms. The lowest BCUT2D eigenvalue weighted by Crippen LogP contribution is -2.02. The average Bonchev–Trinajstić information content (AvgIpc) is 2.29. The lowest BCUT2D eigenvalue weighted by atomic mass is 10.1. The average molecular weight is 334 g/mol. The second-order valence-electron chi connectivity index (χ2n) is 3.74. The Bertz CT molecular complexity index is 584. The zero-order valence-electron chi connectivity index (χ0n) is 9.44. The number of aromatic nitrogens is 1. The van der Waals surface area contributed by atoms with E-state index < -0.39 is 0 Å². The van der Waals surface area contributed by atoms with E-state index in [1.54, 1.807) is 0 Å². The van der Waals surface area contributed by atoms with E-state index >= 15 is 0 Å². The first-order valence-electron chi connectivity index (χ1n) is 5.23. The number of aryl methyl sites for hydroxylation is 1. The number of pyridine rings is 1.